The van der Waals surface area contributed by atoms with Crippen LogP contribution in [0.25, 0.3) is 0 Å². The first kappa shape index (κ1) is 46.3. The van der Waals surface area contributed by atoms with E-state index in [1.807, 2.05) is 0 Å². The second-order valence-electron chi connectivity index (χ2n) is 10.0. The molecule has 3 aliphatic carbocycles. The Kier molecular flexibility index (Phi) is 26.8. The fourth-order valence-corrected chi connectivity index (χ4v) is 4.31. The molecular formula is C35H51Ru3+3. The molecule has 0 nitrogen and oxygen atoms in total. The van der Waals surface area contributed by atoms with Crippen molar-refractivity contribution in [3.63, 3.8) is 0 Å². The van der Waals surface area contributed by atoms with Crippen molar-refractivity contribution < 1.29 is 58.4 Å². The van der Waals surface area contributed by atoms with Crippen LogP contribution in [0.15, 0.2) is 12.2 Å². The first-order valence-corrected chi connectivity index (χ1v) is 12.7. The number of hydrogen-bond acceptors (Lipinski definition) is 0. The molecule has 0 N–H and O–H groups in total. The molecule has 0 atom stereocenters. The van der Waals surface area contributed by atoms with E-state index in [1.54, 1.807) is 13.0 Å². The monoisotopic (exact) mass is 777 g/mol. The molecule has 18 radical (unpaired) electrons. The van der Waals surface area contributed by atoms with Crippen LogP contribution in [0.5, 0.6) is 0 Å². The molecule has 0 aliphatic heterocycles. The second kappa shape index (κ2) is 22.0. The van der Waals surface area contributed by atoms with Crippen molar-refractivity contribution in [1.82, 2.24) is 0 Å². The second-order valence-corrected chi connectivity index (χ2v) is 10.0. The van der Waals surface area contributed by atoms with Crippen LogP contribution in [0.3, 0.4) is 0 Å². The molecule has 3 heteroatoms. The summed E-state index contributed by atoms with van der Waals surface area (Å²) < 4.78 is 0. The van der Waals surface area contributed by atoms with Gasteiger partial charge in [0.15, 0.2) is 0 Å². The third-order valence-corrected chi connectivity index (χ3v) is 8.70. The molecule has 3 rings (SSSR count). The van der Waals surface area contributed by atoms with E-state index < -0.39 is 0 Å². The number of allylic oxidation sites excluding steroid dienone is 3. The molecule has 0 aromatic heterocycles. The largest absolute Gasteiger partial charge is 3.00 e. The van der Waals surface area contributed by atoms with Crippen molar-refractivity contribution >= 4 is 0 Å². The maximum atomic E-state index is 4.90. The number of hydrogen-bond donors (Lipinski definition) is 0. The molecule has 212 valence electrons. The van der Waals surface area contributed by atoms with Crippen molar-refractivity contribution in [1.29, 1.82) is 0 Å². The van der Waals surface area contributed by atoms with E-state index >= 15 is 0 Å². The molecule has 0 bridgehead atoms. The third-order valence-electron chi connectivity index (χ3n) is 8.70. The standard InChI is InChI=1S/3C10H15.C5H6.3Ru/c3*1-6-7(2)9(4)10(5)8(6)3;1-3-5-4-2;;;/h3*1-5H3;1,3,5H,2H3;;;/q;;;-2;2*+1;+3. The van der Waals surface area contributed by atoms with Crippen LogP contribution in [0.2, 0.25) is 0 Å². The maximum absolute atomic E-state index is 4.90. The van der Waals surface area contributed by atoms with Crippen LogP contribution >= 0.6 is 0 Å². The van der Waals surface area contributed by atoms with Crippen molar-refractivity contribution in [3.05, 3.63) is 114 Å². The van der Waals surface area contributed by atoms with Crippen LogP contribution in [0.1, 0.15) is 111 Å². The Balaban J connectivity index is -0.000000203. The molecule has 0 unspecified atom stereocenters. The van der Waals surface area contributed by atoms with E-state index in [-0.39, 0.29) is 58.4 Å². The maximum Gasteiger partial charge on any atom is 3.00 e. The minimum absolute atomic E-state index is 0. The predicted octanol–water partition coefficient (Wildman–Crippen LogP) is 10.3. The van der Waals surface area contributed by atoms with Gasteiger partial charge < -0.3 is 24.8 Å². The van der Waals surface area contributed by atoms with Gasteiger partial charge in [-0.15, -0.1) is 6.92 Å². The van der Waals surface area contributed by atoms with Crippen molar-refractivity contribution in [2.75, 3.05) is 0 Å². The molecule has 0 saturated heterocycles. The van der Waals surface area contributed by atoms with E-state index in [0.29, 0.717) is 0 Å². The van der Waals surface area contributed by atoms with Crippen molar-refractivity contribution in [2.24, 2.45) is 0 Å². The van der Waals surface area contributed by atoms with Gasteiger partial charge in [-0.05, 0) is 88.8 Å². The van der Waals surface area contributed by atoms with E-state index in [0.717, 1.165) is 0 Å². The zero-order valence-electron chi connectivity index (χ0n) is 26.8. The topological polar surface area (TPSA) is 0 Å². The summed E-state index contributed by atoms with van der Waals surface area (Å²) in [5, 5.41) is 0. The smallest absolute Gasteiger partial charge is 0.394 e. The van der Waals surface area contributed by atoms with Gasteiger partial charge in [-0.3, -0.25) is 0 Å². The minimum Gasteiger partial charge on any atom is -0.394 e. The summed E-state index contributed by atoms with van der Waals surface area (Å²) in [6, 6.07) is 0. The van der Waals surface area contributed by atoms with Crippen LogP contribution in [0, 0.1) is 101 Å². The molecule has 0 amide bonds. The van der Waals surface area contributed by atoms with Crippen LogP contribution in [-0.2, 0) is 58.4 Å². The third kappa shape index (κ3) is 12.3. The Morgan fingerprint density at radius 3 is 0.500 bits per heavy atom. The summed E-state index contributed by atoms with van der Waals surface area (Å²) in [7, 11) is 0. The van der Waals surface area contributed by atoms with Gasteiger partial charge in [-0.1, -0.05) is 104 Å². The quantitative estimate of drug-likeness (QED) is 0.141. The Morgan fingerprint density at radius 1 is 0.368 bits per heavy atom. The number of rotatable bonds is 1. The van der Waals surface area contributed by atoms with Gasteiger partial charge >= 0.3 is 58.4 Å². The van der Waals surface area contributed by atoms with E-state index in [9.17, 15) is 0 Å². The van der Waals surface area contributed by atoms with Crippen LogP contribution < -0.4 is 0 Å². The fraction of sp³-hybridized carbons (Fsp3) is 0.457. The van der Waals surface area contributed by atoms with E-state index in [2.05, 4.69) is 110 Å². The van der Waals surface area contributed by atoms with Crippen LogP contribution in [0.4, 0.5) is 0 Å². The average Bonchev–Trinajstić information content (AvgIpc) is 3.20. The molecule has 0 heterocycles. The van der Waals surface area contributed by atoms with Crippen molar-refractivity contribution in [3.8, 4) is 0 Å². The SMILES string of the molecule is C[C]1[C](C)[C](C)[C](C)[C]1C.C[C]1[C](C)[C](C)[C](C)[C]1C.C[C]1[C](C)[C](C)[C](C)[C]1C.[CH-]=CC=[C-]C.[Ru+3].[Ru+].[Ru+]. The van der Waals surface area contributed by atoms with Crippen LogP contribution in [-0.4, -0.2) is 0 Å². The molecule has 0 spiro atoms. The zero-order valence-corrected chi connectivity index (χ0v) is 32.0. The zero-order chi connectivity index (χ0) is 27.8. The molecule has 3 aliphatic rings. The molecule has 3 fully saturated rings. The first-order chi connectivity index (χ1) is 16.1. The van der Waals surface area contributed by atoms with Gasteiger partial charge in [0.2, 0.25) is 0 Å². The van der Waals surface area contributed by atoms with Gasteiger partial charge in [0.1, 0.15) is 0 Å². The Bertz CT molecular complexity index is 410. The molecular weight excluding hydrogens is 724 g/mol. The summed E-state index contributed by atoms with van der Waals surface area (Å²) in [6.07, 6.45) is 5.81. The van der Waals surface area contributed by atoms with Gasteiger partial charge in [-0.2, -0.15) is 0 Å². The van der Waals surface area contributed by atoms with Gasteiger partial charge in [0.25, 0.3) is 0 Å². The fourth-order valence-electron chi connectivity index (χ4n) is 4.31. The molecule has 3 saturated carbocycles. The minimum atomic E-state index is 0. The molecule has 0 aromatic rings. The average molecular weight is 775 g/mol. The molecule has 38 heavy (non-hydrogen) atoms. The summed E-state index contributed by atoms with van der Waals surface area (Å²) >= 11 is 0. The first-order valence-electron chi connectivity index (χ1n) is 12.7. The van der Waals surface area contributed by atoms with Gasteiger partial charge in [0, 0.05) is 0 Å². The molecule has 0 aromatic carbocycles. The summed E-state index contributed by atoms with van der Waals surface area (Å²) in [4.78, 5) is 0. The Morgan fingerprint density at radius 2 is 0.474 bits per heavy atom. The summed E-state index contributed by atoms with van der Waals surface area (Å²) in [5.41, 5.74) is 0. The predicted molar refractivity (Wildman–Crippen MR) is 156 cm³/mol. The van der Waals surface area contributed by atoms with E-state index in [4.69, 9.17) is 6.58 Å². The Hall–Kier alpha value is 1.35. The summed E-state index contributed by atoms with van der Waals surface area (Å²) in [5.74, 6) is 22.0. The van der Waals surface area contributed by atoms with Crippen molar-refractivity contribution in [2.45, 2.75) is 111 Å². The van der Waals surface area contributed by atoms with Gasteiger partial charge in [0.05, 0.1) is 0 Å². The van der Waals surface area contributed by atoms with E-state index in [1.165, 1.54) is 94.8 Å². The summed E-state index contributed by atoms with van der Waals surface area (Å²) in [6.45, 7) is 39.7. The van der Waals surface area contributed by atoms with Gasteiger partial charge in [-0.25, -0.2) is 0 Å². The Labute approximate surface area is 280 Å². The normalized spacial score (nSPS) is 23.7.